The van der Waals surface area contributed by atoms with E-state index < -0.39 is 11.7 Å². The molecule has 0 saturated carbocycles. The van der Waals surface area contributed by atoms with Gasteiger partial charge in [-0.05, 0) is 34.6 Å². The molecular formula is C15H23N5O2S. The minimum absolute atomic E-state index is 0.115. The van der Waals surface area contributed by atoms with Gasteiger partial charge < -0.3 is 10.1 Å². The number of ether oxygens (including phenoxy) is 1. The summed E-state index contributed by atoms with van der Waals surface area (Å²) in [4.78, 5) is 16.3. The number of thiazole rings is 1. The van der Waals surface area contributed by atoms with Crippen LogP contribution in [0.2, 0.25) is 0 Å². The fourth-order valence-electron chi connectivity index (χ4n) is 1.91. The molecule has 23 heavy (non-hydrogen) atoms. The maximum atomic E-state index is 11.8. The summed E-state index contributed by atoms with van der Waals surface area (Å²) in [6.07, 6.45) is 1.17. The van der Waals surface area contributed by atoms with Gasteiger partial charge in [-0.1, -0.05) is 0 Å². The first-order valence-electron chi connectivity index (χ1n) is 7.42. The fourth-order valence-corrected chi connectivity index (χ4v) is 2.61. The monoisotopic (exact) mass is 337 g/mol. The van der Waals surface area contributed by atoms with Crippen LogP contribution >= 0.6 is 11.3 Å². The van der Waals surface area contributed by atoms with Gasteiger partial charge in [0, 0.05) is 23.5 Å². The summed E-state index contributed by atoms with van der Waals surface area (Å²) < 4.78 is 5.24. The molecule has 0 aliphatic heterocycles. The minimum atomic E-state index is -0.542. The van der Waals surface area contributed by atoms with Gasteiger partial charge in [-0.3, -0.25) is 10.4 Å². The number of amides is 1. The highest BCUT2D eigenvalue weighted by Crippen LogP contribution is 2.18. The zero-order valence-corrected chi connectivity index (χ0v) is 14.9. The van der Waals surface area contributed by atoms with Crippen LogP contribution in [-0.2, 0) is 11.3 Å². The molecule has 0 radical (unpaired) electrons. The Kier molecular flexibility index (Phi) is 5.38. The molecule has 0 aliphatic rings. The van der Waals surface area contributed by atoms with E-state index in [4.69, 9.17) is 4.74 Å². The summed E-state index contributed by atoms with van der Waals surface area (Å²) in [5, 5.41) is 15.9. The second-order valence-corrected chi connectivity index (χ2v) is 7.35. The molecule has 3 N–H and O–H groups in total. The number of nitrogens with one attached hydrogen (secondary N) is 3. The summed E-state index contributed by atoms with van der Waals surface area (Å²) in [6, 6.07) is 0.115. The van der Waals surface area contributed by atoms with Gasteiger partial charge in [-0.15, -0.1) is 11.3 Å². The Morgan fingerprint density at radius 1 is 1.48 bits per heavy atom. The van der Waals surface area contributed by atoms with E-state index in [1.54, 1.807) is 17.5 Å². The standard InChI is InChI=1S/C15H23N5O2S/c1-9(12-8-23-10(2)18-12)16-6-11-7-17-20-13(11)19-14(21)22-15(3,4)5/h7-9,16H,6H2,1-5H3,(H2,17,19,20,21). The Balaban J connectivity index is 1.92. The molecule has 0 aromatic carbocycles. The van der Waals surface area contributed by atoms with E-state index in [-0.39, 0.29) is 6.04 Å². The summed E-state index contributed by atoms with van der Waals surface area (Å²) in [7, 11) is 0. The number of aromatic nitrogens is 3. The molecule has 0 spiro atoms. The highest BCUT2D eigenvalue weighted by atomic mass is 32.1. The van der Waals surface area contributed by atoms with Crippen LogP contribution in [0.3, 0.4) is 0 Å². The maximum Gasteiger partial charge on any atom is 0.413 e. The quantitative estimate of drug-likeness (QED) is 0.778. The third-order valence-corrected chi connectivity index (χ3v) is 3.81. The number of aryl methyl sites for hydroxylation is 1. The summed E-state index contributed by atoms with van der Waals surface area (Å²) >= 11 is 1.63. The predicted octanol–water partition coefficient (Wildman–Crippen LogP) is 3.37. The third kappa shape index (κ3) is 5.33. The van der Waals surface area contributed by atoms with Crippen LogP contribution in [0.15, 0.2) is 11.6 Å². The molecule has 0 fully saturated rings. The lowest BCUT2D eigenvalue weighted by Gasteiger charge is -2.19. The second-order valence-electron chi connectivity index (χ2n) is 6.29. The number of hydrogen-bond acceptors (Lipinski definition) is 6. The van der Waals surface area contributed by atoms with Crippen LogP contribution < -0.4 is 10.6 Å². The van der Waals surface area contributed by atoms with Crippen LogP contribution in [0.25, 0.3) is 0 Å². The zero-order chi connectivity index (χ0) is 17.0. The molecule has 0 aliphatic carbocycles. The lowest BCUT2D eigenvalue weighted by molar-refractivity contribution is 0.0635. The third-order valence-electron chi connectivity index (χ3n) is 3.02. The number of rotatable bonds is 5. The van der Waals surface area contributed by atoms with Crippen LogP contribution in [0.5, 0.6) is 0 Å². The van der Waals surface area contributed by atoms with Crippen molar-refractivity contribution in [3.63, 3.8) is 0 Å². The van der Waals surface area contributed by atoms with Crippen LogP contribution in [0, 0.1) is 6.92 Å². The number of hydrogen-bond donors (Lipinski definition) is 3. The Hall–Kier alpha value is -1.93. The Morgan fingerprint density at radius 2 is 2.22 bits per heavy atom. The van der Waals surface area contributed by atoms with Crippen molar-refractivity contribution in [2.24, 2.45) is 0 Å². The fraction of sp³-hybridized carbons (Fsp3) is 0.533. The number of nitrogens with zero attached hydrogens (tertiary/aromatic N) is 2. The summed E-state index contributed by atoms with van der Waals surface area (Å²) in [5.74, 6) is 0.536. The first kappa shape index (κ1) is 17.4. The molecule has 1 atom stereocenters. The molecule has 8 heteroatoms. The molecule has 2 aromatic heterocycles. The van der Waals surface area contributed by atoms with Crippen molar-refractivity contribution in [3.8, 4) is 0 Å². The smallest absolute Gasteiger partial charge is 0.413 e. The molecule has 1 unspecified atom stereocenters. The Morgan fingerprint density at radius 3 is 2.83 bits per heavy atom. The highest BCUT2D eigenvalue weighted by Gasteiger charge is 2.18. The van der Waals surface area contributed by atoms with Crippen molar-refractivity contribution in [3.05, 3.63) is 27.8 Å². The average Bonchev–Trinajstić information content (AvgIpc) is 3.03. The first-order valence-corrected chi connectivity index (χ1v) is 8.30. The van der Waals surface area contributed by atoms with Crippen LogP contribution in [-0.4, -0.2) is 26.9 Å². The second kappa shape index (κ2) is 7.10. The molecule has 1 amide bonds. The molecule has 2 aromatic rings. The van der Waals surface area contributed by atoms with Gasteiger partial charge in [-0.25, -0.2) is 9.78 Å². The van der Waals surface area contributed by atoms with Crippen molar-refractivity contribution in [2.45, 2.75) is 52.8 Å². The number of H-pyrrole nitrogens is 1. The molecule has 2 rings (SSSR count). The number of aromatic amines is 1. The van der Waals surface area contributed by atoms with Gasteiger partial charge in [0.05, 0.1) is 16.9 Å². The topological polar surface area (TPSA) is 91.9 Å². The van der Waals surface area contributed by atoms with Crippen molar-refractivity contribution in [1.82, 2.24) is 20.5 Å². The van der Waals surface area contributed by atoms with Crippen molar-refractivity contribution < 1.29 is 9.53 Å². The minimum Gasteiger partial charge on any atom is -0.444 e. The molecule has 7 nitrogen and oxygen atoms in total. The van der Waals surface area contributed by atoms with Crippen molar-refractivity contribution in [2.75, 3.05) is 5.32 Å². The van der Waals surface area contributed by atoms with E-state index in [0.717, 1.165) is 16.3 Å². The number of anilines is 1. The maximum absolute atomic E-state index is 11.8. The largest absolute Gasteiger partial charge is 0.444 e. The van der Waals surface area contributed by atoms with Gasteiger partial charge in [0.1, 0.15) is 11.4 Å². The van der Waals surface area contributed by atoms with Crippen molar-refractivity contribution in [1.29, 1.82) is 0 Å². The van der Waals surface area contributed by atoms with Crippen LogP contribution in [0.1, 0.15) is 50.0 Å². The molecule has 0 bridgehead atoms. The SMILES string of the molecule is Cc1nc(C(C)NCc2cn[nH]c2NC(=O)OC(C)(C)C)cs1. The van der Waals surface area contributed by atoms with E-state index in [9.17, 15) is 4.79 Å². The van der Waals surface area contributed by atoms with Gasteiger partial charge in [0.2, 0.25) is 0 Å². The van der Waals surface area contributed by atoms with Crippen LogP contribution in [0.4, 0.5) is 10.6 Å². The van der Waals surface area contributed by atoms with Crippen molar-refractivity contribution >= 4 is 23.2 Å². The first-order chi connectivity index (χ1) is 10.7. The van der Waals surface area contributed by atoms with E-state index >= 15 is 0 Å². The van der Waals surface area contributed by atoms with E-state index in [2.05, 4.69) is 32.7 Å². The predicted molar refractivity (Wildman–Crippen MR) is 90.6 cm³/mol. The molecular weight excluding hydrogens is 314 g/mol. The van der Waals surface area contributed by atoms with Gasteiger partial charge in [0.15, 0.2) is 0 Å². The number of carbonyl (C=O) groups is 1. The van der Waals surface area contributed by atoms with E-state index in [0.29, 0.717) is 12.4 Å². The Labute approximate surface area is 139 Å². The average molecular weight is 337 g/mol. The highest BCUT2D eigenvalue weighted by molar-refractivity contribution is 7.09. The van der Waals surface area contributed by atoms with Gasteiger partial charge in [0.25, 0.3) is 0 Å². The van der Waals surface area contributed by atoms with Gasteiger partial charge in [-0.2, -0.15) is 5.10 Å². The molecule has 0 saturated heterocycles. The zero-order valence-electron chi connectivity index (χ0n) is 14.1. The van der Waals surface area contributed by atoms with Gasteiger partial charge >= 0.3 is 6.09 Å². The number of carbonyl (C=O) groups excluding carboxylic acids is 1. The molecule has 126 valence electrons. The lowest BCUT2D eigenvalue weighted by atomic mass is 10.2. The molecule has 2 heterocycles. The Bertz CT molecular complexity index is 659. The summed E-state index contributed by atoms with van der Waals surface area (Å²) in [5.41, 5.74) is 1.33. The van der Waals surface area contributed by atoms with E-state index in [1.807, 2.05) is 33.1 Å². The summed E-state index contributed by atoms with van der Waals surface area (Å²) in [6.45, 7) is 10.0. The lowest BCUT2D eigenvalue weighted by Crippen LogP contribution is -2.28. The normalized spacial score (nSPS) is 12.9. The van der Waals surface area contributed by atoms with E-state index in [1.165, 1.54) is 0 Å².